The summed E-state index contributed by atoms with van der Waals surface area (Å²) in [6, 6.07) is 12.6. The summed E-state index contributed by atoms with van der Waals surface area (Å²) in [7, 11) is -4.54. The van der Waals surface area contributed by atoms with Crippen LogP contribution in [0.15, 0.2) is 71.7 Å². The Bertz CT molecular complexity index is 2530. The Kier molecular flexibility index (Phi) is 22.7. The molecule has 0 radical (unpaired) electrons. The number of halogens is 1. The van der Waals surface area contributed by atoms with Gasteiger partial charge in [0, 0.05) is 155 Å². The molecule has 4 fully saturated rings. The molecule has 4 aromatic rings. The highest BCUT2D eigenvalue weighted by molar-refractivity contribution is 9.10. The van der Waals surface area contributed by atoms with E-state index in [0.29, 0.717) is 32.8 Å². The number of aromatic nitrogens is 4. The van der Waals surface area contributed by atoms with E-state index >= 15 is 0 Å². The fourth-order valence-electron chi connectivity index (χ4n) is 8.99. The van der Waals surface area contributed by atoms with Gasteiger partial charge < -0.3 is 24.0 Å². The minimum absolute atomic E-state index is 0. The Morgan fingerprint density at radius 3 is 1.38 bits per heavy atom. The van der Waals surface area contributed by atoms with Crippen LogP contribution in [0.2, 0.25) is 0 Å². The first kappa shape index (κ1) is 58.6. The van der Waals surface area contributed by atoms with Crippen molar-refractivity contribution in [1.82, 2.24) is 38.3 Å². The Hall–Kier alpha value is -4.28. The molecule has 2 aromatic carbocycles. The lowest BCUT2D eigenvalue weighted by Gasteiger charge is -2.33. The molecule has 0 atom stereocenters. The van der Waals surface area contributed by atoms with E-state index in [1.165, 1.54) is 23.6 Å². The second-order valence-electron chi connectivity index (χ2n) is 18.5. The number of sulfonamides is 2. The largest absolute Gasteiger partial charge is 0.490 e. The van der Waals surface area contributed by atoms with E-state index in [0.717, 1.165) is 149 Å². The van der Waals surface area contributed by atoms with Gasteiger partial charge in [-0.25, -0.2) is 36.8 Å². The number of hydrogen-bond donors (Lipinski definition) is 0. The van der Waals surface area contributed by atoms with Gasteiger partial charge in [-0.2, -0.15) is 8.61 Å². The first-order valence-corrected chi connectivity index (χ1v) is 29.0. The highest BCUT2D eigenvalue weighted by atomic mass is 79.9. The van der Waals surface area contributed by atoms with Crippen LogP contribution < -0.4 is 19.3 Å². The summed E-state index contributed by atoms with van der Waals surface area (Å²) in [5.41, 5.74) is 5.70. The van der Waals surface area contributed by atoms with Gasteiger partial charge in [0.15, 0.2) is 0 Å². The molecule has 398 valence electrons. The van der Waals surface area contributed by atoms with Crippen molar-refractivity contribution in [3.05, 3.63) is 99.6 Å². The topological polar surface area (TPSA) is 167 Å². The van der Waals surface area contributed by atoms with Crippen molar-refractivity contribution >= 4 is 53.9 Å². The van der Waals surface area contributed by atoms with Gasteiger partial charge >= 0.3 is 0 Å². The minimum atomic E-state index is -3.12. The van der Waals surface area contributed by atoms with E-state index in [1.807, 2.05) is 36.9 Å². The van der Waals surface area contributed by atoms with Gasteiger partial charge in [0.05, 0.1) is 23.6 Å². The van der Waals surface area contributed by atoms with Crippen LogP contribution in [0, 0.1) is 0 Å². The van der Waals surface area contributed by atoms with Crippen molar-refractivity contribution in [3.63, 3.8) is 0 Å². The summed E-state index contributed by atoms with van der Waals surface area (Å²) in [4.78, 5) is 27.1. The molecule has 0 saturated carbocycles. The number of hydrogen-bond acceptors (Lipinski definition) is 15. The molecule has 0 unspecified atom stereocenters. The van der Waals surface area contributed by atoms with Gasteiger partial charge in [-0.15, -0.1) is 0 Å². The molecular weight excluding hydrogens is 1020 g/mol. The van der Waals surface area contributed by atoms with E-state index in [1.54, 1.807) is 15.7 Å². The molecule has 17 nitrogen and oxygen atoms in total. The zero-order valence-corrected chi connectivity index (χ0v) is 44.7. The molecule has 4 aliphatic rings. The van der Waals surface area contributed by atoms with Gasteiger partial charge in [-0.3, -0.25) is 9.80 Å². The Balaban J connectivity index is 0.000000262. The van der Waals surface area contributed by atoms with E-state index in [-0.39, 0.29) is 27.1 Å². The molecule has 72 heavy (non-hydrogen) atoms. The van der Waals surface area contributed by atoms with Gasteiger partial charge in [0.1, 0.15) is 23.7 Å². The lowest BCUT2D eigenvalue weighted by atomic mass is 10.1. The molecule has 8 rings (SSSR count). The van der Waals surface area contributed by atoms with Crippen molar-refractivity contribution < 1.29 is 31.0 Å². The highest BCUT2D eigenvalue weighted by Crippen LogP contribution is 2.31. The third kappa shape index (κ3) is 17.1. The summed E-state index contributed by atoms with van der Waals surface area (Å²) in [6.07, 6.45) is 20.1. The molecule has 4 aliphatic heterocycles. The molecule has 20 heteroatoms. The monoisotopic (exact) mass is 1100 g/mol. The third-order valence-corrected chi connectivity index (χ3v) is 16.5. The number of rotatable bonds is 17. The molecular formula is C52H79BrN10O7S2. The summed E-state index contributed by atoms with van der Waals surface area (Å²) in [6.45, 7) is 14.9. The van der Waals surface area contributed by atoms with E-state index in [2.05, 4.69) is 106 Å². The van der Waals surface area contributed by atoms with Gasteiger partial charge in [-0.05, 0) is 75.3 Å². The maximum atomic E-state index is 11.8. The van der Waals surface area contributed by atoms with Gasteiger partial charge in [0.25, 0.3) is 0 Å². The Morgan fingerprint density at radius 2 is 0.986 bits per heavy atom. The maximum absolute atomic E-state index is 11.8. The van der Waals surface area contributed by atoms with Crippen LogP contribution in [0.25, 0.3) is 6.08 Å². The molecule has 0 amide bonds. The van der Waals surface area contributed by atoms with E-state index in [4.69, 9.17) is 14.2 Å². The van der Waals surface area contributed by atoms with Crippen LogP contribution in [0.1, 0.15) is 82.2 Å². The quantitative estimate of drug-likeness (QED) is 0.106. The number of nitrogens with zero attached hydrogens (tertiary/aromatic N) is 10. The number of anilines is 2. The van der Waals surface area contributed by atoms with Crippen molar-refractivity contribution in [2.45, 2.75) is 92.5 Å². The van der Waals surface area contributed by atoms with Crippen LogP contribution in [-0.4, -0.2) is 172 Å². The number of piperidine rings is 2. The van der Waals surface area contributed by atoms with Crippen LogP contribution in [-0.2, 0) is 50.7 Å². The van der Waals surface area contributed by atoms with Crippen molar-refractivity contribution in [3.8, 4) is 11.5 Å². The molecule has 0 N–H and O–H groups in total. The van der Waals surface area contributed by atoms with Crippen molar-refractivity contribution in [2.75, 3.05) is 115 Å². The van der Waals surface area contributed by atoms with Crippen LogP contribution in [0.5, 0.6) is 11.5 Å². The number of aryl methyl sites for hydroxylation is 2. The first-order valence-electron chi connectivity index (χ1n) is 24.5. The van der Waals surface area contributed by atoms with Crippen LogP contribution in [0.3, 0.4) is 0 Å². The predicted molar refractivity (Wildman–Crippen MR) is 293 cm³/mol. The fourth-order valence-corrected chi connectivity index (χ4v) is 11.2. The summed E-state index contributed by atoms with van der Waals surface area (Å²) >= 11 is 3.68. The average Bonchev–Trinajstić information content (AvgIpc) is 3.36. The van der Waals surface area contributed by atoms with E-state index in [9.17, 15) is 16.8 Å². The van der Waals surface area contributed by atoms with Gasteiger partial charge in [0.2, 0.25) is 31.9 Å². The zero-order chi connectivity index (χ0) is 49.7. The Morgan fingerprint density at radius 1 is 0.583 bits per heavy atom. The second-order valence-corrected chi connectivity index (χ2v) is 23.3. The predicted octanol–water partition coefficient (Wildman–Crippen LogP) is 7.02. The van der Waals surface area contributed by atoms with E-state index < -0.39 is 20.0 Å². The normalized spacial score (nSPS) is 18.2. The number of ether oxygens (including phenoxy) is 3. The van der Waals surface area contributed by atoms with Crippen LogP contribution >= 0.6 is 15.9 Å². The lowest BCUT2D eigenvalue weighted by molar-refractivity contribution is 0.168. The highest BCUT2D eigenvalue weighted by Gasteiger charge is 2.27. The molecule has 0 bridgehead atoms. The average molecular weight is 1100 g/mol. The van der Waals surface area contributed by atoms with Crippen LogP contribution in [0.4, 0.5) is 11.9 Å². The summed E-state index contributed by atoms with van der Waals surface area (Å²) in [5, 5.41) is 0. The summed E-state index contributed by atoms with van der Waals surface area (Å²) in [5.74, 6) is 3.33. The standard InChI is InChI=1S/C27H39N5O4S.C23H32BrN5O3S.2CH4/c1-4-22-19-28-27(29-20-22)31-11-9-25(10-12-31)36-26-8-7-23(18-24(26)6-5-17-35-2)21-30-13-15-32(16-14-30)37(3,33)34;1-3-18-15-25-23(26-16-18)28-8-6-20(7-9-28)32-22-5-4-19(14-21(22)24)17-27-10-12-29(13-11-27)33(2,30)31;;/h5-8,18-20,25H,4,9-17,21H2,1-3H3;4-5,14-16,20H,3,6-13,17H2,1-2H3;2*1H4/b6-5+;;;. The number of piperazine rings is 2. The third-order valence-electron chi connectivity index (χ3n) is 13.3. The fraction of sp³-hybridized carbons (Fsp3) is 0.577. The molecule has 2 aromatic heterocycles. The smallest absolute Gasteiger partial charge is 0.225 e. The maximum Gasteiger partial charge on any atom is 0.225 e. The molecule has 4 saturated heterocycles. The number of benzene rings is 2. The van der Waals surface area contributed by atoms with Crippen molar-refractivity contribution in [1.29, 1.82) is 0 Å². The SMILES string of the molecule is C.C.CCc1cnc(N2CCC(Oc3ccc(CN4CCN(S(C)(=O)=O)CC4)cc3/C=C/COC)CC2)nc1.CCc1cnc(N2CCC(Oc3ccc(CN4CCN(S(C)(=O)=O)CC4)cc3Br)CC2)nc1. The zero-order valence-electron chi connectivity index (χ0n) is 41.5. The summed E-state index contributed by atoms with van der Waals surface area (Å²) < 4.78 is 69.0. The van der Waals surface area contributed by atoms with Gasteiger partial charge in [-0.1, -0.05) is 53.0 Å². The lowest BCUT2D eigenvalue weighted by Crippen LogP contribution is -2.47. The van der Waals surface area contributed by atoms with Crippen molar-refractivity contribution in [2.24, 2.45) is 0 Å². The second kappa shape index (κ2) is 27.9. The number of methoxy groups -OCH3 is 1. The molecule has 0 spiro atoms. The molecule has 6 heterocycles. The molecule has 0 aliphatic carbocycles. The first-order chi connectivity index (χ1) is 33.7. The Labute approximate surface area is 439 Å². The minimum Gasteiger partial charge on any atom is -0.490 e.